The lowest BCUT2D eigenvalue weighted by molar-refractivity contribution is 0.834. The summed E-state index contributed by atoms with van der Waals surface area (Å²) in [6, 6.07) is 12.1. The van der Waals surface area contributed by atoms with Crippen LogP contribution >= 0.6 is 0 Å². The van der Waals surface area contributed by atoms with Gasteiger partial charge in [-0.3, -0.25) is 5.43 Å². The zero-order valence-corrected chi connectivity index (χ0v) is 11.9. The number of nitrogens with two attached hydrogens (primary N) is 1. The molecule has 0 unspecified atom stereocenters. The number of aryl methyl sites for hydroxylation is 1. The fourth-order valence-corrected chi connectivity index (χ4v) is 1.88. The van der Waals surface area contributed by atoms with Gasteiger partial charge >= 0.3 is 5.69 Å². The number of nitrogens with zero attached hydrogens (tertiary/aromatic N) is 4. The number of fused-ring (bicyclic) bond motifs is 1. The molecule has 110 valence electrons. The van der Waals surface area contributed by atoms with E-state index in [0.717, 1.165) is 5.56 Å². The Kier molecular flexibility index (Phi) is 3.63. The molecule has 0 saturated heterocycles. The zero-order valence-electron chi connectivity index (χ0n) is 11.9. The van der Waals surface area contributed by atoms with Crippen LogP contribution in [-0.2, 0) is 0 Å². The van der Waals surface area contributed by atoms with Gasteiger partial charge < -0.3 is 0 Å². The molecule has 2 aliphatic carbocycles. The number of aromatic nitrogens is 4. The van der Waals surface area contributed by atoms with E-state index in [-0.39, 0.29) is 5.95 Å². The van der Waals surface area contributed by atoms with Gasteiger partial charge in [-0.1, -0.05) is 24.3 Å². The molecule has 0 radical (unpaired) electrons. The maximum absolute atomic E-state index is 11.6. The molecule has 7 nitrogen and oxygen atoms in total. The summed E-state index contributed by atoms with van der Waals surface area (Å²) in [5.41, 5.74) is 5.57. The summed E-state index contributed by atoms with van der Waals surface area (Å²) in [5.74, 6) is 5.65. The predicted molar refractivity (Wildman–Crippen MR) is 83.4 cm³/mol. The first-order valence-corrected chi connectivity index (χ1v) is 6.63. The van der Waals surface area contributed by atoms with Gasteiger partial charge in [0.25, 0.3) is 0 Å². The number of nitrogens with one attached hydrogen (secondary N) is 1. The lowest BCUT2D eigenvalue weighted by Crippen LogP contribution is -2.25. The number of pyridine rings is 1. The van der Waals surface area contributed by atoms with Crippen molar-refractivity contribution >= 4 is 5.95 Å². The predicted octanol–water partition coefficient (Wildman–Crippen LogP) is 1.28. The van der Waals surface area contributed by atoms with Gasteiger partial charge in [-0.2, -0.15) is 4.98 Å². The largest absolute Gasteiger partial charge is 0.357 e. The molecule has 2 aromatic heterocycles. The maximum Gasteiger partial charge on any atom is 0.357 e. The van der Waals surface area contributed by atoms with Crippen LogP contribution in [0.15, 0.2) is 53.7 Å². The van der Waals surface area contributed by atoms with Gasteiger partial charge in [-0.05, 0) is 35.7 Å². The molecule has 0 aromatic carbocycles. The normalized spacial score (nSPS) is 10.5. The van der Waals surface area contributed by atoms with Crippen LogP contribution in [0.25, 0.3) is 16.9 Å². The van der Waals surface area contributed by atoms with Gasteiger partial charge in [0.15, 0.2) is 0 Å². The van der Waals surface area contributed by atoms with Crippen LogP contribution in [0, 0.1) is 6.92 Å². The summed E-state index contributed by atoms with van der Waals surface area (Å²) in [6.45, 7) is 1.91. The number of anilines is 1. The highest BCUT2D eigenvalue weighted by Gasteiger charge is 2.04. The molecule has 0 bridgehead atoms. The van der Waals surface area contributed by atoms with Gasteiger partial charge in [0.05, 0.1) is 0 Å². The number of nitrogen functional groups attached to an aromatic ring is 1. The number of benzene rings is 1. The van der Waals surface area contributed by atoms with Gasteiger partial charge in [0.1, 0.15) is 12.1 Å². The summed E-state index contributed by atoms with van der Waals surface area (Å²) >= 11 is 0. The van der Waals surface area contributed by atoms with Crippen molar-refractivity contribution in [3.05, 3.63) is 65.0 Å². The van der Waals surface area contributed by atoms with E-state index in [1.165, 1.54) is 22.0 Å². The molecular formula is C15H14N6O. The monoisotopic (exact) mass is 294 g/mol. The minimum Gasteiger partial charge on any atom is -0.292 e. The maximum atomic E-state index is 11.6. The van der Waals surface area contributed by atoms with Crippen molar-refractivity contribution < 1.29 is 0 Å². The highest BCUT2D eigenvalue weighted by Crippen LogP contribution is 2.29. The van der Waals surface area contributed by atoms with Crippen molar-refractivity contribution in [3.8, 4) is 16.9 Å². The van der Waals surface area contributed by atoms with Gasteiger partial charge in [0.2, 0.25) is 5.95 Å². The second kappa shape index (κ2) is 5.74. The molecule has 0 spiro atoms. The van der Waals surface area contributed by atoms with Crippen LogP contribution in [0.1, 0.15) is 5.56 Å². The SMILES string of the molecule is Cc1ccnc(-n2cnc(NN)nc2=O)c1.c1cc2ccc1-2. The van der Waals surface area contributed by atoms with Crippen molar-refractivity contribution in [1.29, 1.82) is 0 Å². The number of hydrogen-bond acceptors (Lipinski definition) is 6. The smallest absolute Gasteiger partial charge is 0.292 e. The molecule has 3 N–H and O–H groups in total. The van der Waals surface area contributed by atoms with Crippen molar-refractivity contribution in [3.63, 3.8) is 0 Å². The van der Waals surface area contributed by atoms with Crippen LogP contribution in [0.4, 0.5) is 5.95 Å². The Labute approximate surface area is 126 Å². The minimum atomic E-state index is -0.485. The van der Waals surface area contributed by atoms with E-state index in [9.17, 15) is 4.79 Å². The first-order valence-electron chi connectivity index (χ1n) is 6.63. The molecule has 2 heterocycles. The Morgan fingerprint density at radius 2 is 1.77 bits per heavy atom. The summed E-state index contributed by atoms with van der Waals surface area (Å²) in [7, 11) is 0. The molecule has 7 heteroatoms. The molecule has 0 amide bonds. The molecule has 0 aliphatic heterocycles. The lowest BCUT2D eigenvalue weighted by Gasteiger charge is -2.10. The van der Waals surface area contributed by atoms with Gasteiger partial charge in [-0.15, -0.1) is 0 Å². The molecule has 0 saturated carbocycles. The van der Waals surface area contributed by atoms with E-state index < -0.39 is 5.69 Å². The first kappa shape index (κ1) is 13.9. The van der Waals surface area contributed by atoms with Crippen LogP contribution < -0.4 is 17.0 Å². The van der Waals surface area contributed by atoms with Crippen molar-refractivity contribution in [2.75, 3.05) is 5.43 Å². The number of hydrogen-bond donors (Lipinski definition) is 2. The van der Waals surface area contributed by atoms with E-state index in [1.54, 1.807) is 12.3 Å². The number of hydrazine groups is 1. The zero-order chi connectivity index (χ0) is 15.5. The van der Waals surface area contributed by atoms with Crippen LogP contribution in [0.3, 0.4) is 0 Å². The van der Waals surface area contributed by atoms with Crippen molar-refractivity contribution in [2.24, 2.45) is 5.84 Å². The first-order chi connectivity index (χ1) is 10.7. The van der Waals surface area contributed by atoms with Gasteiger partial charge in [-0.25, -0.2) is 25.2 Å². The molecule has 2 aromatic rings. The third-order valence-electron chi connectivity index (χ3n) is 3.20. The second-order valence-corrected chi connectivity index (χ2v) is 4.75. The van der Waals surface area contributed by atoms with E-state index in [1.807, 2.05) is 13.0 Å². The molecule has 22 heavy (non-hydrogen) atoms. The Morgan fingerprint density at radius 1 is 1.09 bits per heavy atom. The van der Waals surface area contributed by atoms with Gasteiger partial charge in [0, 0.05) is 6.20 Å². The molecule has 4 rings (SSSR count). The molecule has 0 atom stereocenters. The molecule has 0 fully saturated rings. The Balaban J connectivity index is 0.000000196. The van der Waals surface area contributed by atoms with Crippen LogP contribution in [-0.4, -0.2) is 19.5 Å². The second-order valence-electron chi connectivity index (χ2n) is 4.75. The topological polar surface area (TPSA) is 98.7 Å². The fraction of sp³-hybridized carbons (Fsp3) is 0.0667. The molecule has 2 aliphatic rings. The lowest BCUT2D eigenvalue weighted by atomic mass is 9.95. The Hall–Kier alpha value is -3.06. The Bertz CT molecular complexity index is 835. The van der Waals surface area contributed by atoms with Crippen molar-refractivity contribution in [2.45, 2.75) is 6.92 Å². The van der Waals surface area contributed by atoms with E-state index >= 15 is 0 Å². The van der Waals surface area contributed by atoms with E-state index in [4.69, 9.17) is 5.84 Å². The highest BCUT2D eigenvalue weighted by molar-refractivity contribution is 5.75. The quantitative estimate of drug-likeness (QED) is 0.427. The summed E-state index contributed by atoms with van der Waals surface area (Å²) in [4.78, 5) is 23.1. The Morgan fingerprint density at radius 3 is 2.23 bits per heavy atom. The summed E-state index contributed by atoms with van der Waals surface area (Å²) in [6.07, 6.45) is 2.94. The summed E-state index contributed by atoms with van der Waals surface area (Å²) < 4.78 is 1.24. The van der Waals surface area contributed by atoms with E-state index in [2.05, 4.69) is 44.6 Å². The average Bonchev–Trinajstić information content (AvgIpc) is 2.51. The standard InChI is InChI=1S/C9H10N6O.C6H4/c1-6-2-3-11-7(4-6)15-5-12-8(14-10)13-9(15)16;1-2-6-4-3-5(1)6/h2-5H,10H2,1H3,(H,13,14,16);1-4H. The molecular weight excluding hydrogens is 280 g/mol. The highest BCUT2D eigenvalue weighted by atomic mass is 16.1. The van der Waals surface area contributed by atoms with Crippen LogP contribution in [0.5, 0.6) is 0 Å². The summed E-state index contributed by atoms with van der Waals surface area (Å²) in [5, 5.41) is 0. The third kappa shape index (κ3) is 2.70. The van der Waals surface area contributed by atoms with E-state index in [0.29, 0.717) is 5.82 Å². The third-order valence-corrected chi connectivity index (χ3v) is 3.20. The average molecular weight is 294 g/mol. The van der Waals surface area contributed by atoms with Crippen LogP contribution in [0.2, 0.25) is 0 Å². The number of rotatable bonds is 2. The fourth-order valence-electron chi connectivity index (χ4n) is 1.88. The van der Waals surface area contributed by atoms with Crippen molar-refractivity contribution in [1.82, 2.24) is 19.5 Å². The minimum absolute atomic E-state index is 0.0777.